The third-order valence-electron chi connectivity index (χ3n) is 2.99. The van der Waals surface area contributed by atoms with E-state index in [1.54, 1.807) is 12.1 Å². The molecule has 1 aromatic rings. The summed E-state index contributed by atoms with van der Waals surface area (Å²) in [7, 11) is 0. The van der Waals surface area contributed by atoms with E-state index in [1.807, 2.05) is 0 Å². The van der Waals surface area contributed by atoms with Crippen LogP contribution in [-0.2, 0) is 0 Å². The fourth-order valence-electron chi connectivity index (χ4n) is 1.98. The van der Waals surface area contributed by atoms with Crippen LogP contribution in [0.5, 0.6) is 5.75 Å². The molecule has 0 radical (unpaired) electrons. The fourth-order valence-corrected chi connectivity index (χ4v) is 1.98. The number of hydrogen-bond donors (Lipinski definition) is 1. The Balaban J connectivity index is 1.56. The molecular weight excluding hydrogens is 221 g/mol. The maximum Gasteiger partial charge on any atom is 0.123 e. The Labute approximate surface area is 101 Å². The van der Waals surface area contributed by atoms with Crippen LogP contribution in [-0.4, -0.2) is 42.9 Å². The molecule has 0 amide bonds. The predicted octanol–water partition coefficient (Wildman–Crippen LogP) is 1.52. The van der Waals surface area contributed by atoms with Gasteiger partial charge in [0.1, 0.15) is 11.6 Å². The minimum atomic E-state index is -0.243. The van der Waals surface area contributed by atoms with E-state index in [0.29, 0.717) is 24.9 Å². The number of nitrogens with zero attached hydrogens (tertiary/aromatic N) is 1. The molecule has 4 heteroatoms. The topological polar surface area (TPSA) is 32.7 Å². The zero-order valence-corrected chi connectivity index (χ0v) is 9.81. The van der Waals surface area contributed by atoms with Crippen LogP contribution in [0.25, 0.3) is 0 Å². The molecule has 1 heterocycles. The van der Waals surface area contributed by atoms with E-state index in [0.717, 1.165) is 26.1 Å². The first-order valence-corrected chi connectivity index (χ1v) is 5.99. The molecule has 0 bridgehead atoms. The van der Waals surface area contributed by atoms with Gasteiger partial charge in [-0.05, 0) is 30.7 Å². The van der Waals surface area contributed by atoms with Gasteiger partial charge in [-0.2, -0.15) is 0 Å². The van der Waals surface area contributed by atoms with Crippen LogP contribution in [0.3, 0.4) is 0 Å². The molecule has 0 aromatic heterocycles. The van der Waals surface area contributed by atoms with Crippen LogP contribution in [0.1, 0.15) is 6.42 Å². The molecule has 1 aliphatic rings. The number of aliphatic hydroxyl groups is 1. The highest BCUT2D eigenvalue weighted by molar-refractivity contribution is 5.21. The molecular formula is C13H18FNO2. The van der Waals surface area contributed by atoms with Gasteiger partial charge in [0.05, 0.1) is 6.61 Å². The van der Waals surface area contributed by atoms with Crippen molar-refractivity contribution in [1.29, 1.82) is 0 Å². The molecule has 0 aliphatic carbocycles. The summed E-state index contributed by atoms with van der Waals surface area (Å²) in [5, 5.41) is 8.86. The monoisotopic (exact) mass is 239 g/mol. The Morgan fingerprint density at radius 1 is 1.29 bits per heavy atom. The molecule has 1 N–H and O–H groups in total. The molecule has 94 valence electrons. The highest BCUT2D eigenvalue weighted by Crippen LogP contribution is 2.15. The predicted molar refractivity (Wildman–Crippen MR) is 63.5 cm³/mol. The molecule has 0 atom stereocenters. The van der Waals surface area contributed by atoms with Crippen LogP contribution >= 0.6 is 0 Å². The standard InChI is InChI=1S/C13H18FNO2/c14-12-2-4-13(5-3-12)17-7-1-6-15-8-11(9-15)10-16/h2-5,11,16H,1,6-10H2. The van der Waals surface area contributed by atoms with Gasteiger partial charge < -0.3 is 14.7 Å². The summed E-state index contributed by atoms with van der Waals surface area (Å²) < 4.78 is 18.1. The molecule has 0 saturated carbocycles. The van der Waals surface area contributed by atoms with Gasteiger partial charge in [0.2, 0.25) is 0 Å². The molecule has 2 rings (SSSR count). The van der Waals surface area contributed by atoms with Crippen LogP contribution < -0.4 is 4.74 Å². The number of hydrogen-bond acceptors (Lipinski definition) is 3. The lowest BCUT2D eigenvalue weighted by atomic mass is 10.0. The van der Waals surface area contributed by atoms with Crippen molar-refractivity contribution in [2.24, 2.45) is 5.92 Å². The largest absolute Gasteiger partial charge is 0.494 e. The van der Waals surface area contributed by atoms with Crippen LogP contribution in [0, 0.1) is 11.7 Å². The Bertz CT molecular complexity index is 336. The van der Waals surface area contributed by atoms with Gasteiger partial charge >= 0.3 is 0 Å². The number of ether oxygens (including phenoxy) is 1. The van der Waals surface area contributed by atoms with Gasteiger partial charge in [-0.3, -0.25) is 0 Å². The minimum absolute atomic E-state index is 0.243. The maximum absolute atomic E-state index is 12.6. The quantitative estimate of drug-likeness (QED) is 0.764. The van der Waals surface area contributed by atoms with Crippen molar-refractivity contribution in [3.8, 4) is 5.75 Å². The van der Waals surface area contributed by atoms with E-state index in [-0.39, 0.29) is 5.82 Å². The Hall–Kier alpha value is -1.13. The zero-order chi connectivity index (χ0) is 12.1. The lowest BCUT2D eigenvalue weighted by Crippen LogP contribution is -2.48. The van der Waals surface area contributed by atoms with E-state index < -0.39 is 0 Å². The van der Waals surface area contributed by atoms with Crippen molar-refractivity contribution in [3.05, 3.63) is 30.1 Å². The van der Waals surface area contributed by atoms with Gasteiger partial charge in [0.15, 0.2) is 0 Å². The molecule has 3 nitrogen and oxygen atoms in total. The lowest BCUT2D eigenvalue weighted by molar-refractivity contribution is 0.0502. The van der Waals surface area contributed by atoms with E-state index in [1.165, 1.54) is 12.1 Å². The summed E-state index contributed by atoms with van der Waals surface area (Å²) in [6.45, 7) is 3.92. The lowest BCUT2D eigenvalue weighted by Gasteiger charge is -2.38. The molecule has 1 saturated heterocycles. The molecule has 1 aliphatic heterocycles. The Morgan fingerprint density at radius 3 is 2.65 bits per heavy atom. The van der Waals surface area contributed by atoms with E-state index in [9.17, 15) is 4.39 Å². The second kappa shape index (κ2) is 5.98. The van der Waals surface area contributed by atoms with Crippen molar-refractivity contribution in [2.45, 2.75) is 6.42 Å². The third-order valence-corrected chi connectivity index (χ3v) is 2.99. The number of benzene rings is 1. The van der Waals surface area contributed by atoms with Crippen molar-refractivity contribution in [2.75, 3.05) is 32.8 Å². The van der Waals surface area contributed by atoms with Gasteiger partial charge in [0, 0.05) is 32.2 Å². The third kappa shape index (κ3) is 3.68. The average Bonchev–Trinajstić information content (AvgIpc) is 2.29. The average molecular weight is 239 g/mol. The van der Waals surface area contributed by atoms with Gasteiger partial charge in [-0.25, -0.2) is 4.39 Å². The van der Waals surface area contributed by atoms with Gasteiger partial charge in [0.25, 0.3) is 0 Å². The molecule has 17 heavy (non-hydrogen) atoms. The normalized spacial score (nSPS) is 16.8. The van der Waals surface area contributed by atoms with Crippen LogP contribution in [0.4, 0.5) is 4.39 Å². The maximum atomic E-state index is 12.6. The summed E-state index contributed by atoms with van der Waals surface area (Å²) >= 11 is 0. The second-order valence-corrected chi connectivity index (χ2v) is 4.46. The second-order valence-electron chi connectivity index (χ2n) is 4.46. The van der Waals surface area contributed by atoms with Crippen molar-refractivity contribution >= 4 is 0 Å². The first-order valence-electron chi connectivity index (χ1n) is 5.99. The minimum Gasteiger partial charge on any atom is -0.494 e. The smallest absolute Gasteiger partial charge is 0.123 e. The SMILES string of the molecule is OCC1CN(CCCOc2ccc(F)cc2)C1. The van der Waals surface area contributed by atoms with Crippen molar-refractivity contribution < 1.29 is 14.2 Å². The first-order chi connectivity index (χ1) is 8.28. The van der Waals surface area contributed by atoms with Crippen molar-refractivity contribution in [1.82, 2.24) is 4.90 Å². The Kier molecular flexibility index (Phi) is 4.34. The van der Waals surface area contributed by atoms with Crippen LogP contribution in [0.15, 0.2) is 24.3 Å². The summed E-state index contributed by atoms with van der Waals surface area (Å²) in [6, 6.07) is 6.08. The van der Waals surface area contributed by atoms with Crippen LogP contribution in [0.2, 0.25) is 0 Å². The first kappa shape index (κ1) is 12.3. The summed E-state index contributed by atoms with van der Waals surface area (Å²) in [5.74, 6) is 0.934. The fraction of sp³-hybridized carbons (Fsp3) is 0.538. The zero-order valence-electron chi connectivity index (χ0n) is 9.81. The number of likely N-dealkylation sites (tertiary alicyclic amines) is 1. The highest BCUT2D eigenvalue weighted by Gasteiger charge is 2.24. The van der Waals surface area contributed by atoms with E-state index >= 15 is 0 Å². The van der Waals surface area contributed by atoms with Crippen molar-refractivity contribution in [3.63, 3.8) is 0 Å². The summed E-state index contributed by atoms with van der Waals surface area (Å²) in [4.78, 5) is 2.30. The van der Waals surface area contributed by atoms with E-state index in [2.05, 4.69) is 4.90 Å². The number of halogens is 1. The molecule has 1 fully saturated rings. The summed E-state index contributed by atoms with van der Waals surface area (Å²) in [5.41, 5.74) is 0. The van der Waals surface area contributed by atoms with Gasteiger partial charge in [-0.1, -0.05) is 0 Å². The highest BCUT2D eigenvalue weighted by atomic mass is 19.1. The molecule has 0 spiro atoms. The molecule has 0 unspecified atom stereocenters. The summed E-state index contributed by atoms with van der Waals surface area (Å²) in [6.07, 6.45) is 0.954. The Morgan fingerprint density at radius 2 is 2.00 bits per heavy atom. The number of aliphatic hydroxyl groups excluding tert-OH is 1. The number of rotatable bonds is 6. The molecule has 1 aromatic carbocycles. The van der Waals surface area contributed by atoms with Gasteiger partial charge in [-0.15, -0.1) is 0 Å². The van der Waals surface area contributed by atoms with E-state index in [4.69, 9.17) is 9.84 Å².